The number of rotatable bonds is 5. The van der Waals surface area contributed by atoms with Crippen LogP contribution in [0.2, 0.25) is 0 Å². The van der Waals surface area contributed by atoms with E-state index in [-0.39, 0.29) is 0 Å². The lowest BCUT2D eigenvalue weighted by Crippen LogP contribution is -2.35. The second kappa shape index (κ2) is 6.83. The van der Waals surface area contributed by atoms with E-state index in [0.29, 0.717) is 11.8 Å². The Morgan fingerprint density at radius 2 is 2.14 bits per heavy atom. The van der Waals surface area contributed by atoms with E-state index in [1.165, 1.54) is 12.8 Å². The van der Waals surface area contributed by atoms with Crippen molar-refractivity contribution in [1.29, 1.82) is 0 Å². The van der Waals surface area contributed by atoms with Crippen molar-refractivity contribution in [1.82, 2.24) is 15.0 Å². The quantitative estimate of drug-likeness (QED) is 0.913. The van der Waals surface area contributed by atoms with Gasteiger partial charge in [0.05, 0.1) is 6.54 Å². The standard InChI is InChI=1S/C16H22N4O/c17-9-8-13-5-4-10-20(11-13)12-15-18-16(21-19-15)14-6-2-1-3-7-14/h1-3,6-7,13H,4-5,8-12,17H2. The van der Waals surface area contributed by atoms with E-state index in [1.54, 1.807) is 0 Å². The zero-order valence-electron chi connectivity index (χ0n) is 12.2. The molecule has 112 valence electrons. The molecule has 2 N–H and O–H groups in total. The minimum absolute atomic E-state index is 0.598. The van der Waals surface area contributed by atoms with Crippen LogP contribution in [0.1, 0.15) is 25.1 Å². The van der Waals surface area contributed by atoms with Crippen molar-refractivity contribution in [3.8, 4) is 11.5 Å². The molecule has 1 aromatic carbocycles. The van der Waals surface area contributed by atoms with Crippen LogP contribution in [0.4, 0.5) is 0 Å². The van der Waals surface area contributed by atoms with Gasteiger partial charge in [-0.25, -0.2) is 0 Å². The molecule has 1 aromatic heterocycles. The van der Waals surface area contributed by atoms with Crippen LogP contribution in [0.5, 0.6) is 0 Å². The van der Waals surface area contributed by atoms with Gasteiger partial charge < -0.3 is 10.3 Å². The minimum atomic E-state index is 0.598. The van der Waals surface area contributed by atoms with E-state index in [9.17, 15) is 0 Å². The van der Waals surface area contributed by atoms with Crippen LogP contribution in [0.25, 0.3) is 11.5 Å². The Morgan fingerprint density at radius 1 is 1.29 bits per heavy atom. The Hall–Kier alpha value is -1.72. The first-order valence-corrected chi connectivity index (χ1v) is 7.65. The van der Waals surface area contributed by atoms with Gasteiger partial charge in [-0.1, -0.05) is 23.4 Å². The molecule has 1 fully saturated rings. The van der Waals surface area contributed by atoms with Crippen LogP contribution in [-0.4, -0.2) is 34.7 Å². The summed E-state index contributed by atoms with van der Waals surface area (Å²) < 4.78 is 5.36. The molecule has 1 aliphatic heterocycles. The van der Waals surface area contributed by atoms with Crippen LogP contribution >= 0.6 is 0 Å². The maximum atomic E-state index is 5.67. The summed E-state index contributed by atoms with van der Waals surface area (Å²) in [7, 11) is 0. The molecule has 5 heteroatoms. The smallest absolute Gasteiger partial charge is 0.257 e. The van der Waals surface area contributed by atoms with Gasteiger partial charge in [-0.2, -0.15) is 4.98 Å². The summed E-state index contributed by atoms with van der Waals surface area (Å²) >= 11 is 0. The van der Waals surface area contributed by atoms with Crippen LogP contribution in [0, 0.1) is 5.92 Å². The highest BCUT2D eigenvalue weighted by Crippen LogP contribution is 2.21. The fourth-order valence-electron chi connectivity index (χ4n) is 2.98. The highest BCUT2D eigenvalue weighted by atomic mass is 16.5. The van der Waals surface area contributed by atoms with Crippen LogP contribution in [0.15, 0.2) is 34.9 Å². The van der Waals surface area contributed by atoms with Gasteiger partial charge in [0.1, 0.15) is 0 Å². The zero-order chi connectivity index (χ0) is 14.5. The van der Waals surface area contributed by atoms with Crippen molar-refractivity contribution in [2.45, 2.75) is 25.8 Å². The molecule has 5 nitrogen and oxygen atoms in total. The number of benzene rings is 1. The van der Waals surface area contributed by atoms with Crippen LogP contribution in [-0.2, 0) is 6.54 Å². The van der Waals surface area contributed by atoms with E-state index in [0.717, 1.165) is 44.0 Å². The molecule has 2 heterocycles. The molecule has 0 radical (unpaired) electrons. The predicted octanol–water partition coefficient (Wildman–Crippen LogP) is 2.30. The third kappa shape index (κ3) is 3.68. The largest absolute Gasteiger partial charge is 0.334 e. The molecule has 1 saturated heterocycles. The Balaban J connectivity index is 1.62. The Kier molecular flexibility index (Phi) is 4.62. The molecular formula is C16H22N4O. The van der Waals surface area contributed by atoms with E-state index in [2.05, 4.69) is 15.0 Å². The van der Waals surface area contributed by atoms with Crippen molar-refractivity contribution in [3.63, 3.8) is 0 Å². The summed E-state index contributed by atoms with van der Waals surface area (Å²) in [6.07, 6.45) is 3.63. The highest BCUT2D eigenvalue weighted by Gasteiger charge is 2.21. The molecule has 0 bridgehead atoms. The first kappa shape index (κ1) is 14.2. The van der Waals surface area contributed by atoms with Gasteiger partial charge in [0, 0.05) is 12.1 Å². The molecule has 0 amide bonds. The van der Waals surface area contributed by atoms with Crippen molar-refractivity contribution < 1.29 is 4.52 Å². The van der Waals surface area contributed by atoms with Crippen molar-refractivity contribution in [2.75, 3.05) is 19.6 Å². The number of likely N-dealkylation sites (tertiary alicyclic amines) is 1. The van der Waals surface area contributed by atoms with E-state index < -0.39 is 0 Å². The average Bonchev–Trinajstić information content (AvgIpc) is 2.97. The molecule has 1 atom stereocenters. The summed E-state index contributed by atoms with van der Waals surface area (Å²) in [4.78, 5) is 6.91. The van der Waals surface area contributed by atoms with Gasteiger partial charge >= 0.3 is 0 Å². The number of aromatic nitrogens is 2. The number of hydrogen-bond acceptors (Lipinski definition) is 5. The number of nitrogens with two attached hydrogens (primary N) is 1. The topological polar surface area (TPSA) is 68.2 Å². The van der Waals surface area contributed by atoms with Crippen LogP contribution < -0.4 is 5.73 Å². The molecule has 0 saturated carbocycles. The molecule has 1 unspecified atom stereocenters. The Morgan fingerprint density at radius 3 is 2.95 bits per heavy atom. The van der Waals surface area contributed by atoms with Crippen molar-refractivity contribution in [2.24, 2.45) is 11.7 Å². The summed E-state index contributed by atoms with van der Waals surface area (Å²) in [6, 6.07) is 9.89. The first-order valence-electron chi connectivity index (χ1n) is 7.65. The molecular weight excluding hydrogens is 264 g/mol. The predicted molar refractivity (Wildman–Crippen MR) is 81.4 cm³/mol. The van der Waals surface area contributed by atoms with Gasteiger partial charge in [-0.15, -0.1) is 0 Å². The van der Waals surface area contributed by atoms with Crippen molar-refractivity contribution in [3.05, 3.63) is 36.2 Å². The lowest BCUT2D eigenvalue weighted by Gasteiger charge is -2.31. The van der Waals surface area contributed by atoms with Crippen molar-refractivity contribution >= 4 is 0 Å². The molecule has 3 rings (SSSR count). The Bertz CT molecular complexity index is 552. The summed E-state index contributed by atoms with van der Waals surface area (Å²) in [5.41, 5.74) is 6.64. The van der Waals surface area contributed by atoms with E-state index in [4.69, 9.17) is 10.3 Å². The normalized spacial score (nSPS) is 19.8. The second-order valence-corrected chi connectivity index (χ2v) is 5.70. The molecule has 1 aliphatic rings. The summed E-state index contributed by atoms with van der Waals surface area (Å²) in [6.45, 7) is 3.74. The third-order valence-electron chi connectivity index (χ3n) is 4.03. The fourth-order valence-corrected chi connectivity index (χ4v) is 2.98. The van der Waals surface area contributed by atoms with Gasteiger partial charge in [-0.05, 0) is 50.4 Å². The maximum absolute atomic E-state index is 5.67. The lowest BCUT2D eigenvalue weighted by atomic mass is 9.95. The second-order valence-electron chi connectivity index (χ2n) is 5.70. The molecule has 2 aromatic rings. The van der Waals surface area contributed by atoms with Crippen LogP contribution in [0.3, 0.4) is 0 Å². The molecule has 0 spiro atoms. The van der Waals surface area contributed by atoms with E-state index >= 15 is 0 Å². The summed E-state index contributed by atoms with van der Waals surface area (Å²) in [5, 5.41) is 4.11. The summed E-state index contributed by atoms with van der Waals surface area (Å²) in [5.74, 6) is 2.08. The zero-order valence-corrected chi connectivity index (χ0v) is 12.2. The fraction of sp³-hybridized carbons (Fsp3) is 0.500. The van der Waals surface area contributed by atoms with Gasteiger partial charge in [0.2, 0.25) is 0 Å². The lowest BCUT2D eigenvalue weighted by molar-refractivity contribution is 0.158. The maximum Gasteiger partial charge on any atom is 0.257 e. The Labute approximate surface area is 125 Å². The van der Waals surface area contributed by atoms with Gasteiger partial charge in [0.25, 0.3) is 5.89 Å². The van der Waals surface area contributed by atoms with Gasteiger partial charge in [0.15, 0.2) is 5.82 Å². The number of piperidine rings is 1. The van der Waals surface area contributed by atoms with Gasteiger partial charge in [-0.3, -0.25) is 4.90 Å². The monoisotopic (exact) mass is 286 g/mol. The number of hydrogen-bond donors (Lipinski definition) is 1. The van der Waals surface area contributed by atoms with E-state index in [1.807, 2.05) is 30.3 Å². The SMILES string of the molecule is NCCC1CCCN(Cc2noc(-c3ccccc3)n2)C1. The number of nitrogens with zero attached hydrogens (tertiary/aromatic N) is 3. The highest BCUT2D eigenvalue weighted by molar-refractivity contribution is 5.51. The molecule has 21 heavy (non-hydrogen) atoms. The molecule has 0 aliphatic carbocycles. The minimum Gasteiger partial charge on any atom is -0.334 e. The first-order chi connectivity index (χ1) is 10.3. The average molecular weight is 286 g/mol. The third-order valence-corrected chi connectivity index (χ3v) is 4.03.